The summed E-state index contributed by atoms with van der Waals surface area (Å²) in [6.07, 6.45) is 2.17. The number of methoxy groups -OCH3 is 1. The Morgan fingerprint density at radius 2 is 1.75 bits per heavy atom. The number of hydrogen-bond acceptors (Lipinski definition) is 2. The van der Waals surface area contributed by atoms with Crippen molar-refractivity contribution in [2.24, 2.45) is 11.7 Å². The molecule has 1 atom stereocenters. The average Bonchev–Trinajstić information content (AvgIpc) is 2.90. The number of rotatable bonds is 3. The van der Waals surface area contributed by atoms with Crippen LogP contribution < -0.4 is 10.5 Å². The van der Waals surface area contributed by atoms with Gasteiger partial charge in [0.15, 0.2) is 0 Å². The van der Waals surface area contributed by atoms with Gasteiger partial charge in [-0.25, -0.2) is 0 Å². The number of aryl methyl sites for hydroxylation is 1. The minimum atomic E-state index is 0.0898. The van der Waals surface area contributed by atoms with E-state index in [2.05, 4.69) is 43.3 Å². The van der Waals surface area contributed by atoms with Crippen molar-refractivity contribution in [2.75, 3.05) is 7.11 Å². The smallest absolute Gasteiger partial charge is 0.121 e. The molecule has 1 aliphatic rings. The van der Waals surface area contributed by atoms with Gasteiger partial charge in [0.2, 0.25) is 0 Å². The Bertz CT molecular complexity index is 596. The van der Waals surface area contributed by atoms with Crippen LogP contribution in [0, 0.1) is 12.8 Å². The van der Waals surface area contributed by atoms with Crippen molar-refractivity contribution in [3.05, 3.63) is 64.7 Å². The predicted octanol–water partition coefficient (Wildman–Crippen LogP) is 3.42. The van der Waals surface area contributed by atoms with Crippen LogP contribution in [0.4, 0.5) is 0 Å². The molecule has 104 valence electrons. The SMILES string of the molecule is COc1ccc(C(N)C2Cc3ccccc3C2)cc1C. The molecular weight excluding hydrogens is 246 g/mol. The Morgan fingerprint density at radius 3 is 2.30 bits per heavy atom. The minimum absolute atomic E-state index is 0.0898. The van der Waals surface area contributed by atoms with Crippen LogP contribution in [0.5, 0.6) is 5.75 Å². The number of ether oxygens (including phenoxy) is 1. The van der Waals surface area contributed by atoms with Crippen LogP contribution in [0.1, 0.15) is 28.3 Å². The number of benzene rings is 2. The zero-order chi connectivity index (χ0) is 14.1. The Balaban J connectivity index is 1.81. The van der Waals surface area contributed by atoms with E-state index in [1.165, 1.54) is 16.7 Å². The van der Waals surface area contributed by atoms with Gasteiger partial charge in [-0.3, -0.25) is 0 Å². The second kappa shape index (κ2) is 5.29. The van der Waals surface area contributed by atoms with E-state index in [1.54, 1.807) is 7.11 Å². The first-order valence-electron chi connectivity index (χ1n) is 7.16. The summed E-state index contributed by atoms with van der Waals surface area (Å²) in [6.45, 7) is 2.07. The summed E-state index contributed by atoms with van der Waals surface area (Å²) < 4.78 is 5.32. The molecule has 0 radical (unpaired) electrons. The van der Waals surface area contributed by atoms with Crippen molar-refractivity contribution in [1.82, 2.24) is 0 Å². The van der Waals surface area contributed by atoms with Crippen molar-refractivity contribution >= 4 is 0 Å². The molecule has 0 saturated heterocycles. The van der Waals surface area contributed by atoms with Crippen LogP contribution in [0.2, 0.25) is 0 Å². The number of hydrogen-bond donors (Lipinski definition) is 1. The molecule has 0 aliphatic heterocycles. The maximum Gasteiger partial charge on any atom is 0.121 e. The summed E-state index contributed by atoms with van der Waals surface area (Å²) in [6, 6.07) is 15.0. The molecule has 0 heterocycles. The normalized spacial score (nSPS) is 15.9. The lowest BCUT2D eigenvalue weighted by molar-refractivity contribution is 0.410. The molecule has 2 aromatic rings. The highest BCUT2D eigenvalue weighted by Crippen LogP contribution is 2.35. The molecule has 2 aromatic carbocycles. The lowest BCUT2D eigenvalue weighted by Crippen LogP contribution is -2.22. The van der Waals surface area contributed by atoms with E-state index in [4.69, 9.17) is 10.5 Å². The van der Waals surface area contributed by atoms with Crippen molar-refractivity contribution in [2.45, 2.75) is 25.8 Å². The molecule has 0 spiro atoms. The van der Waals surface area contributed by atoms with Gasteiger partial charge in [-0.2, -0.15) is 0 Å². The summed E-state index contributed by atoms with van der Waals surface area (Å²) in [7, 11) is 1.70. The van der Waals surface area contributed by atoms with Gasteiger partial charge in [-0.05, 0) is 54.0 Å². The average molecular weight is 267 g/mol. The Morgan fingerprint density at radius 1 is 1.10 bits per heavy atom. The van der Waals surface area contributed by atoms with Gasteiger partial charge in [0.25, 0.3) is 0 Å². The lowest BCUT2D eigenvalue weighted by atomic mass is 9.90. The summed E-state index contributed by atoms with van der Waals surface area (Å²) in [5.41, 5.74) is 11.8. The number of nitrogens with two attached hydrogens (primary N) is 1. The monoisotopic (exact) mass is 267 g/mol. The Hall–Kier alpha value is -1.80. The summed E-state index contributed by atoms with van der Waals surface area (Å²) in [4.78, 5) is 0. The molecule has 0 fully saturated rings. The topological polar surface area (TPSA) is 35.2 Å². The molecule has 20 heavy (non-hydrogen) atoms. The Kier molecular flexibility index (Phi) is 3.49. The van der Waals surface area contributed by atoms with Gasteiger partial charge < -0.3 is 10.5 Å². The fraction of sp³-hybridized carbons (Fsp3) is 0.333. The van der Waals surface area contributed by atoms with E-state index in [0.717, 1.165) is 24.2 Å². The molecule has 0 saturated carbocycles. The quantitative estimate of drug-likeness (QED) is 0.925. The third-order valence-electron chi connectivity index (χ3n) is 4.39. The molecule has 3 rings (SSSR count). The first-order chi connectivity index (χ1) is 9.69. The van der Waals surface area contributed by atoms with E-state index in [1.807, 2.05) is 6.07 Å². The highest BCUT2D eigenvalue weighted by molar-refractivity contribution is 5.39. The summed E-state index contributed by atoms with van der Waals surface area (Å²) in [5, 5.41) is 0. The summed E-state index contributed by atoms with van der Waals surface area (Å²) >= 11 is 0. The third-order valence-corrected chi connectivity index (χ3v) is 4.39. The van der Waals surface area contributed by atoms with E-state index >= 15 is 0 Å². The fourth-order valence-corrected chi connectivity index (χ4v) is 3.23. The molecule has 1 unspecified atom stereocenters. The molecular formula is C18H21NO. The molecule has 0 aromatic heterocycles. The maximum atomic E-state index is 6.50. The van der Waals surface area contributed by atoms with E-state index in [0.29, 0.717) is 5.92 Å². The minimum Gasteiger partial charge on any atom is -0.496 e. The van der Waals surface area contributed by atoms with Crippen molar-refractivity contribution in [3.8, 4) is 5.75 Å². The van der Waals surface area contributed by atoms with Gasteiger partial charge in [0.05, 0.1) is 7.11 Å². The van der Waals surface area contributed by atoms with Crippen molar-refractivity contribution in [3.63, 3.8) is 0 Å². The van der Waals surface area contributed by atoms with Crippen LogP contribution in [0.3, 0.4) is 0 Å². The zero-order valence-corrected chi connectivity index (χ0v) is 12.1. The highest BCUT2D eigenvalue weighted by Gasteiger charge is 2.27. The molecule has 0 amide bonds. The molecule has 2 N–H and O–H groups in total. The van der Waals surface area contributed by atoms with Gasteiger partial charge in [-0.1, -0.05) is 36.4 Å². The van der Waals surface area contributed by atoms with Crippen LogP contribution in [0.15, 0.2) is 42.5 Å². The fourth-order valence-electron chi connectivity index (χ4n) is 3.23. The standard InChI is InChI=1S/C18H21NO/c1-12-9-15(7-8-17(12)20-2)18(19)16-10-13-5-3-4-6-14(13)11-16/h3-9,16,18H,10-11,19H2,1-2H3. The number of fused-ring (bicyclic) bond motifs is 1. The molecule has 0 bridgehead atoms. The van der Waals surface area contributed by atoms with E-state index < -0.39 is 0 Å². The van der Waals surface area contributed by atoms with Crippen LogP contribution in [-0.4, -0.2) is 7.11 Å². The van der Waals surface area contributed by atoms with E-state index in [9.17, 15) is 0 Å². The Labute approximate surface area is 120 Å². The second-order valence-corrected chi connectivity index (χ2v) is 5.69. The van der Waals surface area contributed by atoms with Gasteiger partial charge in [0, 0.05) is 6.04 Å². The molecule has 1 aliphatic carbocycles. The van der Waals surface area contributed by atoms with Crippen LogP contribution >= 0.6 is 0 Å². The first kappa shape index (κ1) is 13.2. The largest absolute Gasteiger partial charge is 0.496 e. The lowest BCUT2D eigenvalue weighted by Gasteiger charge is -2.20. The van der Waals surface area contributed by atoms with Crippen molar-refractivity contribution < 1.29 is 4.74 Å². The zero-order valence-electron chi connectivity index (χ0n) is 12.1. The van der Waals surface area contributed by atoms with Crippen LogP contribution in [-0.2, 0) is 12.8 Å². The molecule has 2 nitrogen and oxygen atoms in total. The van der Waals surface area contributed by atoms with Gasteiger partial charge in [-0.15, -0.1) is 0 Å². The van der Waals surface area contributed by atoms with Gasteiger partial charge in [0.1, 0.15) is 5.75 Å². The first-order valence-corrected chi connectivity index (χ1v) is 7.16. The second-order valence-electron chi connectivity index (χ2n) is 5.69. The summed E-state index contributed by atoms with van der Waals surface area (Å²) in [5.74, 6) is 1.43. The van der Waals surface area contributed by atoms with Gasteiger partial charge >= 0.3 is 0 Å². The maximum absolute atomic E-state index is 6.50. The molecule has 2 heteroatoms. The van der Waals surface area contributed by atoms with Crippen LogP contribution in [0.25, 0.3) is 0 Å². The highest BCUT2D eigenvalue weighted by atomic mass is 16.5. The van der Waals surface area contributed by atoms with E-state index in [-0.39, 0.29) is 6.04 Å². The third kappa shape index (κ3) is 2.32. The predicted molar refractivity (Wildman–Crippen MR) is 82.0 cm³/mol. The van der Waals surface area contributed by atoms with Crippen molar-refractivity contribution in [1.29, 1.82) is 0 Å².